The Bertz CT molecular complexity index is 373. The molecule has 0 heterocycles. The zero-order valence-corrected chi connectivity index (χ0v) is 11.0. The van der Waals surface area contributed by atoms with E-state index < -0.39 is 0 Å². The Morgan fingerprint density at radius 2 is 1.76 bits per heavy atom. The van der Waals surface area contributed by atoms with E-state index in [1.807, 2.05) is 32.9 Å². The number of carbonyl (C=O) groups excluding carboxylic acids is 1. The summed E-state index contributed by atoms with van der Waals surface area (Å²) in [5.74, 6) is 1.02. The van der Waals surface area contributed by atoms with Crippen LogP contribution in [0.3, 0.4) is 0 Å². The second-order valence-electron chi connectivity index (χ2n) is 4.06. The topological polar surface area (TPSA) is 35.5 Å². The van der Waals surface area contributed by atoms with Crippen LogP contribution >= 0.6 is 0 Å². The van der Waals surface area contributed by atoms with E-state index in [-0.39, 0.29) is 5.78 Å². The monoisotopic (exact) mass is 236 g/mol. The predicted octanol–water partition coefficient (Wildman–Crippen LogP) is 2.92. The molecule has 0 atom stereocenters. The average Bonchev–Trinajstić information content (AvgIpc) is 2.31. The van der Waals surface area contributed by atoms with Crippen molar-refractivity contribution >= 4 is 5.78 Å². The Morgan fingerprint density at radius 3 is 2.24 bits per heavy atom. The number of ether oxygens (including phenoxy) is 2. The number of methoxy groups -OCH3 is 1. The predicted molar refractivity (Wildman–Crippen MR) is 67.9 cm³/mol. The van der Waals surface area contributed by atoms with E-state index in [0.717, 1.165) is 22.4 Å². The Kier molecular flexibility index (Phi) is 5.16. The van der Waals surface area contributed by atoms with Gasteiger partial charge in [-0.25, -0.2) is 0 Å². The molecule has 0 saturated heterocycles. The fraction of sp³-hybridized carbons (Fsp3) is 0.500. The van der Waals surface area contributed by atoms with E-state index in [9.17, 15) is 4.79 Å². The van der Waals surface area contributed by atoms with Gasteiger partial charge in [-0.2, -0.15) is 0 Å². The summed E-state index contributed by atoms with van der Waals surface area (Å²) in [6, 6.07) is 3.78. The smallest absolute Gasteiger partial charge is 0.162 e. The second-order valence-corrected chi connectivity index (χ2v) is 4.06. The van der Waals surface area contributed by atoms with Crippen molar-refractivity contribution in [2.75, 3.05) is 20.3 Å². The molecule has 0 aromatic heterocycles. The number of hydrogen-bond donors (Lipinski definition) is 0. The molecule has 0 radical (unpaired) electrons. The summed E-state index contributed by atoms with van der Waals surface area (Å²) in [5, 5.41) is 0. The molecule has 17 heavy (non-hydrogen) atoms. The lowest BCUT2D eigenvalue weighted by molar-refractivity contribution is 0.0988. The van der Waals surface area contributed by atoms with E-state index >= 15 is 0 Å². The number of hydrogen-bond acceptors (Lipinski definition) is 3. The molecule has 0 aliphatic carbocycles. The number of benzene rings is 1. The van der Waals surface area contributed by atoms with Gasteiger partial charge in [0.2, 0.25) is 0 Å². The van der Waals surface area contributed by atoms with Gasteiger partial charge >= 0.3 is 0 Å². The highest BCUT2D eigenvalue weighted by Crippen LogP contribution is 2.25. The van der Waals surface area contributed by atoms with Gasteiger partial charge in [-0.15, -0.1) is 0 Å². The van der Waals surface area contributed by atoms with Crippen molar-refractivity contribution in [1.82, 2.24) is 0 Å². The van der Waals surface area contributed by atoms with Crippen molar-refractivity contribution < 1.29 is 14.3 Å². The van der Waals surface area contributed by atoms with Gasteiger partial charge in [-0.05, 0) is 37.1 Å². The Balaban J connectivity index is 2.90. The van der Waals surface area contributed by atoms with Gasteiger partial charge in [0, 0.05) is 19.1 Å². The lowest BCUT2D eigenvalue weighted by Crippen LogP contribution is -2.07. The molecule has 0 bridgehead atoms. The summed E-state index contributed by atoms with van der Waals surface area (Å²) in [6.45, 7) is 6.88. The minimum absolute atomic E-state index is 0.166. The third kappa shape index (κ3) is 3.56. The summed E-state index contributed by atoms with van der Waals surface area (Å²) in [5.41, 5.74) is 2.76. The van der Waals surface area contributed by atoms with E-state index in [0.29, 0.717) is 19.6 Å². The van der Waals surface area contributed by atoms with Crippen molar-refractivity contribution in [3.63, 3.8) is 0 Å². The summed E-state index contributed by atoms with van der Waals surface area (Å²) >= 11 is 0. The van der Waals surface area contributed by atoms with Crippen molar-refractivity contribution in [3.8, 4) is 5.75 Å². The molecule has 0 N–H and O–H groups in total. The fourth-order valence-corrected chi connectivity index (χ4v) is 1.77. The highest BCUT2D eigenvalue weighted by Gasteiger charge is 2.10. The van der Waals surface area contributed by atoms with Gasteiger partial charge in [0.05, 0.1) is 6.61 Å². The van der Waals surface area contributed by atoms with Crippen molar-refractivity contribution in [2.45, 2.75) is 27.2 Å². The third-order valence-corrected chi connectivity index (χ3v) is 2.64. The minimum Gasteiger partial charge on any atom is -0.491 e. The maximum Gasteiger partial charge on any atom is 0.162 e. The Hall–Kier alpha value is -1.35. The lowest BCUT2D eigenvalue weighted by atomic mass is 10.0. The fourth-order valence-electron chi connectivity index (χ4n) is 1.77. The van der Waals surface area contributed by atoms with Gasteiger partial charge in [0.25, 0.3) is 0 Å². The molecule has 1 aromatic carbocycles. The molecule has 0 saturated carbocycles. The molecular weight excluding hydrogens is 216 g/mol. The first kappa shape index (κ1) is 13.7. The molecular formula is C14H20O3. The summed E-state index contributed by atoms with van der Waals surface area (Å²) in [7, 11) is 1.64. The second kappa shape index (κ2) is 6.40. The molecule has 1 rings (SSSR count). The van der Waals surface area contributed by atoms with Crippen LogP contribution in [0, 0.1) is 13.8 Å². The Morgan fingerprint density at radius 1 is 1.18 bits per heavy atom. The van der Waals surface area contributed by atoms with Crippen molar-refractivity contribution in [1.29, 1.82) is 0 Å². The van der Waals surface area contributed by atoms with E-state index in [4.69, 9.17) is 9.47 Å². The molecule has 0 unspecified atom stereocenters. The molecule has 0 fully saturated rings. The molecule has 3 heteroatoms. The molecule has 3 nitrogen and oxygen atoms in total. The van der Waals surface area contributed by atoms with E-state index in [1.54, 1.807) is 7.11 Å². The highest BCUT2D eigenvalue weighted by molar-refractivity contribution is 5.96. The first-order chi connectivity index (χ1) is 8.10. The largest absolute Gasteiger partial charge is 0.491 e. The number of Topliss-reactive ketones (excluding diaryl/α,β-unsaturated/α-hetero) is 1. The molecule has 94 valence electrons. The quantitative estimate of drug-likeness (QED) is 0.562. The summed E-state index contributed by atoms with van der Waals surface area (Å²) < 4.78 is 10.6. The van der Waals surface area contributed by atoms with Gasteiger partial charge < -0.3 is 9.47 Å². The van der Waals surface area contributed by atoms with Gasteiger partial charge in [-0.3, -0.25) is 4.79 Å². The summed E-state index contributed by atoms with van der Waals surface area (Å²) in [6.07, 6.45) is 0.531. The van der Waals surface area contributed by atoms with Crippen LogP contribution in [0.2, 0.25) is 0 Å². The van der Waals surface area contributed by atoms with Crippen molar-refractivity contribution in [3.05, 3.63) is 28.8 Å². The van der Waals surface area contributed by atoms with Gasteiger partial charge in [0.15, 0.2) is 5.78 Å². The van der Waals surface area contributed by atoms with Crippen LogP contribution in [0.5, 0.6) is 5.75 Å². The maximum atomic E-state index is 11.6. The van der Waals surface area contributed by atoms with E-state index in [2.05, 4.69) is 0 Å². The average molecular weight is 236 g/mol. The molecule has 0 spiro atoms. The minimum atomic E-state index is 0.166. The first-order valence-electron chi connectivity index (χ1n) is 5.86. The SMILES string of the molecule is CCC(=O)c1cc(C)c(OCCOC)c(C)c1. The molecule has 1 aromatic rings. The number of ketones is 1. The lowest BCUT2D eigenvalue weighted by Gasteiger charge is -2.13. The standard InChI is InChI=1S/C14H20O3/c1-5-13(15)12-8-10(2)14(11(3)9-12)17-7-6-16-4/h8-9H,5-7H2,1-4H3. The first-order valence-corrected chi connectivity index (χ1v) is 5.86. The van der Waals surface area contributed by atoms with E-state index in [1.165, 1.54) is 0 Å². The highest BCUT2D eigenvalue weighted by atomic mass is 16.5. The third-order valence-electron chi connectivity index (χ3n) is 2.64. The van der Waals surface area contributed by atoms with Crippen LogP contribution in [-0.4, -0.2) is 26.1 Å². The Labute approximate surface area is 103 Å². The molecule has 0 aliphatic heterocycles. The van der Waals surface area contributed by atoms with Crippen LogP contribution in [0.15, 0.2) is 12.1 Å². The molecule has 0 aliphatic rings. The summed E-state index contributed by atoms with van der Waals surface area (Å²) in [4.78, 5) is 11.6. The normalized spacial score (nSPS) is 10.4. The zero-order valence-electron chi connectivity index (χ0n) is 11.0. The number of rotatable bonds is 6. The number of aryl methyl sites for hydroxylation is 2. The number of carbonyl (C=O) groups is 1. The van der Waals surface area contributed by atoms with Crippen LogP contribution in [0.4, 0.5) is 0 Å². The van der Waals surface area contributed by atoms with Crippen molar-refractivity contribution in [2.24, 2.45) is 0 Å². The van der Waals surface area contributed by atoms with Crippen LogP contribution in [-0.2, 0) is 4.74 Å². The van der Waals surface area contributed by atoms with Gasteiger partial charge in [0.1, 0.15) is 12.4 Å². The molecule has 0 amide bonds. The van der Waals surface area contributed by atoms with Crippen LogP contribution < -0.4 is 4.74 Å². The maximum absolute atomic E-state index is 11.6. The zero-order chi connectivity index (χ0) is 12.8. The van der Waals surface area contributed by atoms with Gasteiger partial charge in [-0.1, -0.05) is 6.92 Å². The van der Waals surface area contributed by atoms with Crippen LogP contribution in [0.1, 0.15) is 34.8 Å². The van der Waals surface area contributed by atoms with Crippen LogP contribution in [0.25, 0.3) is 0 Å².